The zero-order valence-corrected chi connectivity index (χ0v) is 13.7. The maximum absolute atomic E-state index is 3.52. The van der Waals surface area contributed by atoms with Crippen LogP contribution < -0.4 is 10.2 Å². The molecule has 118 valence electrons. The topological polar surface area (TPSA) is 18.5 Å². The number of piperazine rings is 1. The van der Waals surface area contributed by atoms with Gasteiger partial charge in [0.05, 0.1) is 0 Å². The lowest BCUT2D eigenvalue weighted by Gasteiger charge is -2.37. The molecule has 1 aromatic rings. The van der Waals surface area contributed by atoms with E-state index in [-0.39, 0.29) is 12.4 Å². The van der Waals surface area contributed by atoms with Crippen LogP contribution in [0.15, 0.2) is 30.3 Å². The van der Waals surface area contributed by atoms with Gasteiger partial charge in [0.2, 0.25) is 0 Å². The molecule has 2 heterocycles. The minimum atomic E-state index is 0. The Kier molecular flexibility index (Phi) is 6.81. The van der Waals surface area contributed by atoms with Gasteiger partial charge in [0, 0.05) is 31.9 Å². The highest BCUT2D eigenvalue weighted by Gasteiger charge is 2.19. The van der Waals surface area contributed by atoms with Gasteiger partial charge in [-0.15, -0.1) is 12.4 Å². The fourth-order valence-electron chi connectivity index (χ4n) is 3.40. The smallest absolute Gasteiger partial charge is 0.0367 e. The molecule has 2 fully saturated rings. The molecule has 2 aliphatic rings. The predicted octanol–water partition coefficient (Wildman–Crippen LogP) is 2.62. The SMILES string of the molecule is Cl.c1ccc(N2CCN(CCC3CCCNC3)CC2)cc1. The number of hydrogen-bond donors (Lipinski definition) is 1. The van der Waals surface area contributed by atoms with Gasteiger partial charge in [-0.1, -0.05) is 18.2 Å². The van der Waals surface area contributed by atoms with Gasteiger partial charge in [-0.25, -0.2) is 0 Å². The first-order valence-electron chi connectivity index (χ1n) is 8.15. The molecule has 3 nitrogen and oxygen atoms in total. The number of para-hydroxylation sites is 1. The number of piperidine rings is 1. The van der Waals surface area contributed by atoms with Gasteiger partial charge in [-0.05, 0) is 56.9 Å². The van der Waals surface area contributed by atoms with E-state index in [4.69, 9.17) is 0 Å². The molecular weight excluding hydrogens is 282 g/mol. The molecule has 0 amide bonds. The van der Waals surface area contributed by atoms with E-state index in [9.17, 15) is 0 Å². The average molecular weight is 310 g/mol. The zero-order valence-electron chi connectivity index (χ0n) is 12.8. The Labute approximate surface area is 135 Å². The van der Waals surface area contributed by atoms with Gasteiger partial charge < -0.3 is 10.2 Å². The Bertz CT molecular complexity index is 384. The van der Waals surface area contributed by atoms with E-state index in [1.807, 2.05) is 0 Å². The summed E-state index contributed by atoms with van der Waals surface area (Å²) in [7, 11) is 0. The second-order valence-corrected chi connectivity index (χ2v) is 6.17. The molecule has 4 heteroatoms. The van der Waals surface area contributed by atoms with Crippen molar-refractivity contribution in [3.8, 4) is 0 Å². The maximum Gasteiger partial charge on any atom is 0.0367 e. The van der Waals surface area contributed by atoms with Crippen LogP contribution in [-0.4, -0.2) is 50.7 Å². The van der Waals surface area contributed by atoms with Crippen molar-refractivity contribution in [2.75, 3.05) is 50.7 Å². The first-order valence-corrected chi connectivity index (χ1v) is 8.15. The number of anilines is 1. The highest BCUT2D eigenvalue weighted by atomic mass is 35.5. The summed E-state index contributed by atoms with van der Waals surface area (Å²) in [5.74, 6) is 0.913. The summed E-state index contributed by atoms with van der Waals surface area (Å²) in [6.07, 6.45) is 4.17. The molecule has 0 radical (unpaired) electrons. The van der Waals surface area contributed by atoms with Crippen molar-refractivity contribution in [3.05, 3.63) is 30.3 Å². The Balaban J connectivity index is 0.00000161. The minimum Gasteiger partial charge on any atom is -0.369 e. The van der Waals surface area contributed by atoms with Gasteiger partial charge in [0.1, 0.15) is 0 Å². The monoisotopic (exact) mass is 309 g/mol. The summed E-state index contributed by atoms with van der Waals surface area (Å²) >= 11 is 0. The van der Waals surface area contributed by atoms with Crippen LogP contribution in [0.2, 0.25) is 0 Å². The predicted molar refractivity (Wildman–Crippen MR) is 92.6 cm³/mol. The van der Waals surface area contributed by atoms with Gasteiger partial charge in [-0.3, -0.25) is 4.90 Å². The van der Waals surface area contributed by atoms with E-state index in [1.165, 1.54) is 70.8 Å². The lowest BCUT2D eigenvalue weighted by atomic mass is 9.96. The molecule has 1 N–H and O–H groups in total. The summed E-state index contributed by atoms with van der Waals surface area (Å²) in [6.45, 7) is 8.54. The molecule has 0 bridgehead atoms. The largest absolute Gasteiger partial charge is 0.369 e. The van der Waals surface area contributed by atoms with Crippen LogP contribution in [0, 0.1) is 5.92 Å². The minimum absolute atomic E-state index is 0. The summed E-state index contributed by atoms with van der Waals surface area (Å²) in [6, 6.07) is 10.8. The van der Waals surface area contributed by atoms with Crippen LogP contribution in [0.3, 0.4) is 0 Å². The van der Waals surface area contributed by atoms with Crippen molar-refractivity contribution in [3.63, 3.8) is 0 Å². The van der Waals surface area contributed by atoms with Crippen molar-refractivity contribution < 1.29 is 0 Å². The summed E-state index contributed by atoms with van der Waals surface area (Å²) in [5, 5.41) is 3.52. The number of nitrogens with one attached hydrogen (secondary N) is 1. The highest BCUT2D eigenvalue weighted by Crippen LogP contribution is 2.18. The Morgan fingerprint density at radius 2 is 1.81 bits per heavy atom. The fraction of sp³-hybridized carbons (Fsp3) is 0.647. The standard InChI is InChI=1S/C17H27N3.ClH/c1-2-6-17(7-3-1)20-13-11-19(12-14-20)10-8-16-5-4-9-18-15-16;/h1-3,6-7,16,18H,4-5,8-15H2;1H. The molecule has 1 aromatic carbocycles. The number of nitrogens with zero attached hydrogens (tertiary/aromatic N) is 2. The van der Waals surface area contributed by atoms with E-state index >= 15 is 0 Å². The van der Waals surface area contributed by atoms with Crippen molar-refractivity contribution in [1.29, 1.82) is 0 Å². The third kappa shape index (κ3) is 4.87. The summed E-state index contributed by atoms with van der Waals surface area (Å²) in [5.41, 5.74) is 1.38. The lowest BCUT2D eigenvalue weighted by molar-refractivity contribution is 0.226. The van der Waals surface area contributed by atoms with Crippen LogP contribution in [0.25, 0.3) is 0 Å². The molecular formula is C17H28ClN3. The zero-order chi connectivity index (χ0) is 13.6. The van der Waals surface area contributed by atoms with Gasteiger partial charge in [0.15, 0.2) is 0 Å². The molecule has 21 heavy (non-hydrogen) atoms. The quantitative estimate of drug-likeness (QED) is 0.922. The Morgan fingerprint density at radius 3 is 2.48 bits per heavy atom. The van der Waals surface area contributed by atoms with E-state index in [2.05, 4.69) is 45.4 Å². The third-order valence-electron chi connectivity index (χ3n) is 4.75. The van der Waals surface area contributed by atoms with Crippen LogP contribution in [-0.2, 0) is 0 Å². The second kappa shape index (κ2) is 8.62. The molecule has 0 aliphatic carbocycles. The maximum atomic E-state index is 3.52. The number of rotatable bonds is 4. The molecule has 3 rings (SSSR count). The normalized spacial score (nSPS) is 23.6. The van der Waals surface area contributed by atoms with Gasteiger partial charge in [-0.2, -0.15) is 0 Å². The molecule has 1 atom stereocenters. The van der Waals surface area contributed by atoms with Crippen LogP contribution in [0.1, 0.15) is 19.3 Å². The van der Waals surface area contributed by atoms with E-state index < -0.39 is 0 Å². The third-order valence-corrected chi connectivity index (χ3v) is 4.75. The van der Waals surface area contributed by atoms with Crippen LogP contribution in [0.4, 0.5) is 5.69 Å². The van der Waals surface area contributed by atoms with Crippen molar-refractivity contribution >= 4 is 18.1 Å². The van der Waals surface area contributed by atoms with Crippen molar-refractivity contribution in [2.45, 2.75) is 19.3 Å². The van der Waals surface area contributed by atoms with E-state index in [1.54, 1.807) is 0 Å². The van der Waals surface area contributed by atoms with Crippen molar-refractivity contribution in [1.82, 2.24) is 10.2 Å². The first-order chi connectivity index (χ1) is 9.92. The lowest BCUT2D eigenvalue weighted by Crippen LogP contribution is -2.47. The molecule has 0 aromatic heterocycles. The second-order valence-electron chi connectivity index (χ2n) is 6.17. The van der Waals surface area contributed by atoms with Crippen LogP contribution >= 0.6 is 12.4 Å². The fourth-order valence-corrected chi connectivity index (χ4v) is 3.40. The van der Waals surface area contributed by atoms with E-state index in [0.29, 0.717) is 0 Å². The summed E-state index contributed by atoms with van der Waals surface area (Å²) in [4.78, 5) is 5.16. The number of hydrogen-bond acceptors (Lipinski definition) is 3. The Morgan fingerprint density at radius 1 is 1.05 bits per heavy atom. The summed E-state index contributed by atoms with van der Waals surface area (Å²) < 4.78 is 0. The molecule has 0 spiro atoms. The molecule has 2 saturated heterocycles. The number of benzene rings is 1. The van der Waals surface area contributed by atoms with Gasteiger partial charge >= 0.3 is 0 Å². The Hall–Kier alpha value is -0.770. The van der Waals surface area contributed by atoms with E-state index in [0.717, 1.165) is 5.92 Å². The molecule has 0 saturated carbocycles. The first kappa shape index (κ1) is 16.6. The van der Waals surface area contributed by atoms with Crippen molar-refractivity contribution in [2.24, 2.45) is 5.92 Å². The molecule has 2 aliphatic heterocycles. The average Bonchev–Trinajstić information content (AvgIpc) is 2.55. The van der Waals surface area contributed by atoms with Gasteiger partial charge in [0.25, 0.3) is 0 Å². The molecule has 1 unspecified atom stereocenters. The van der Waals surface area contributed by atoms with Crippen LogP contribution in [0.5, 0.6) is 0 Å². The number of halogens is 1. The highest BCUT2D eigenvalue weighted by molar-refractivity contribution is 5.85.